The molecule has 0 amide bonds. The van der Waals surface area contributed by atoms with Gasteiger partial charge < -0.3 is 15.9 Å². The van der Waals surface area contributed by atoms with Gasteiger partial charge in [0.2, 0.25) is 0 Å². The molecule has 3 atom stereocenters. The first-order valence-electron chi connectivity index (χ1n) is 9.66. The molecule has 3 nitrogen and oxygen atoms in total. The molecule has 4 N–H and O–H groups in total. The number of aryl methyl sites for hydroxylation is 1. The quantitative estimate of drug-likeness (QED) is 0.476. The topological polar surface area (TPSA) is 66.5 Å². The Bertz CT molecular complexity index is 408. The smallest absolute Gasteiger partial charge is 0.0949 e. The number of hydrogen-bond donors (Lipinski definition) is 3. The summed E-state index contributed by atoms with van der Waals surface area (Å²) in [7, 11) is 0. The van der Waals surface area contributed by atoms with Crippen LogP contribution in [0.15, 0.2) is 30.3 Å². The van der Waals surface area contributed by atoms with E-state index in [1.54, 1.807) is 0 Å². The van der Waals surface area contributed by atoms with Crippen LogP contribution in [0.5, 0.6) is 0 Å². The van der Waals surface area contributed by atoms with Gasteiger partial charge in [-0.2, -0.15) is 0 Å². The second kappa shape index (κ2) is 12.5. The second-order valence-electron chi connectivity index (χ2n) is 7.50. The maximum atomic E-state index is 10.0. The lowest BCUT2D eigenvalue weighted by atomic mass is 9.94. The summed E-state index contributed by atoms with van der Waals surface area (Å²) in [5.41, 5.74) is 7.44. The minimum absolute atomic E-state index is 0.308. The van der Waals surface area contributed by atoms with E-state index in [1.165, 1.54) is 37.7 Å². The fraction of sp³-hybridized carbons (Fsp3) is 0.714. The maximum absolute atomic E-state index is 10.0. The molecule has 0 aliphatic carbocycles. The first kappa shape index (κ1) is 21.1. The minimum Gasteiger partial charge on any atom is -0.390 e. The van der Waals surface area contributed by atoms with Crippen LogP contribution in [0.2, 0.25) is 0 Å². The Morgan fingerprint density at radius 2 is 1.46 bits per heavy atom. The van der Waals surface area contributed by atoms with E-state index in [4.69, 9.17) is 5.73 Å². The molecule has 3 heteroatoms. The van der Waals surface area contributed by atoms with E-state index in [2.05, 4.69) is 30.3 Å². The van der Waals surface area contributed by atoms with E-state index >= 15 is 0 Å². The fourth-order valence-electron chi connectivity index (χ4n) is 3.14. The normalized spacial score (nSPS) is 15.4. The van der Waals surface area contributed by atoms with Crippen molar-refractivity contribution in [3.05, 3.63) is 35.9 Å². The Hall–Kier alpha value is -0.900. The molecule has 0 unspecified atom stereocenters. The number of aliphatic hydroxyl groups is 2. The van der Waals surface area contributed by atoms with Gasteiger partial charge >= 0.3 is 0 Å². The predicted molar refractivity (Wildman–Crippen MR) is 102 cm³/mol. The largest absolute Gasteiger partial charge is 0.390 e. The van der Waals surface area contributed by atoms with Crippen LogP contribution in [0.3, 0.4) is 0 Å². The maximum Gasteiger partial charge on any atom is 0.0949 e. The van der Waals surface area contributed by atoms with Gasteiger partial charge in [0.1, 0.15) is 0 Å². The lowest BCUT2D eigenvalue weighted by Crippen LogP contribution is -2.43. The standard InChI is InChI=1S/C21H37NO2/c1-17(2)16-20(23)21(24)19(22)15-11-6-4-3-5-8-12-18-13-9-7-10-14-18/h7,9-10,13-14,17,19-21,23-24H,3-6,8,11-12,15-16,22H2,1-2H3/t19-,20-,21+/m0/s1. The SMILES string of the molecule is CC(C)C[C@H](O)[C@H](O)[C@@H](N)CCCCCCCCc1ccccc1. The van der Waals surface area contributed by atoms with Crippen LogP contribution in [-0.2, 0) is 6.42 Å². The molecule has 1 aromatic carbocycles. The third kappa shape index (κ3) is 9.41. The zero-order valence-corrected chi connectivity index (χ0v) is 15.5. The molecule has 1 rings (SSSR count). The summed E-state index contributed by atoms with van der Waals surface area (Å²) in [6, 6.07) is 10.3. The molecule has 0 radical (unpaired) electrons. The summed E-state index contributed by atoms with van der Waals surface area (Å²) in [6.07, 6.45) is 8.29. The van der Waals surface area contributed by atoms with Crippen molar-refractivity contribution in [1.82, 2.24) is 0 Å². The second-order valence-corrected chi connectivity index (χ2v) is 7.50. The van der Waals surface area contributed by atoms with Crippen molar-refractivity contribution in [3.63, 3.8) is 0 Å². The molecule has 0 heterocycles. The molecule has 0 saturated carbocycles. The summed E-state index contributed by atoms with van der Waals surface area (Å²) in [4.78, 5) is 0. The average Bonchev–Trinajstić information content (AvgIpc) is 2.56. The third-order valence-electron chi connectivity index (χ3n) is 4.64. The molecule has 0 aromatic heterocycles. The molecule has 0 bridgehead atoms. The van der Waals surface area contributed by atoms with Crippen molar-refractivity contribution in [1.29, 1.82) is 0 Å². The van der Waals surface area contributed by atoms with Crippen LogP contribution in [0.4, 0.5) is 0 Å². The van der Waals surface area contributed by atoms with E-state index in [-0.39, 0.29) is 6.04 Å². The van der Waals surface area contributed by atoms with E-state index < -0.39 is 12.2 Å². The van der Waals surface area contributed by atoms with E-state index in [9.17, 15) is 10.2 Å². The third-order valence-corrected chi connectivity index (χ3v) is 4.64. The van der Waals surface area contributed by atoms with Crippen LogP contribution in [0.25, 0.3) is 0 Å². The summed E-state index contributed by atoms with van der Waals surface area (Å²) >= 11 is 0. The van der Waals surface area contributed by atoms with Crippen molar-refractivity contribution >= 4 is 0 Å². The fourth-order valence-corrected chi connectivity index (χ4v) is 3.14. The Morgan fingerprint density at radius 1 is 0.875 bits per heavy atom. The monoisotopic (exact) mass is 335 g/mol. The molecule has 0 spiro atoms. The van der Waals surface area contributed by atoms with Crippen LogP contribution in [0, 0.1) is 5.92 Å². The van der Waals surface area contributed by atoms with E-state index in [0.29, 0.717) is 12.3 Å². The van der Waals surface area contributed by atoms with Crippen LogP contribution in [-0.4, -0.2) is 28.5 Å². The molecule has 0 saturated heterocycles. The number of nitrogens with two attached hydrogens (primary N) is 1. The first-order valence-corrected chi connectivity index (χ1v) is 9.66. The number of aliphatic hydroxyl groups excluding tert-OH is 2. The predicted octanol–water partition coefficient (Wildman–Crippen LogP) is 4.06. The average molecular weight is 336 g/mol. The van der Waals surface area contributed by atoms with Crippen molar-refractivity contribution in [2.24, 2.45) is 11.7 Å². The number of unbranched alkanes of at least 4 members (excludes halogenated alkanes) is 5. The zero-order chi connectivity index (χ0) is 17.8. The van der Waals surface area contributed by atoms with E-state index in [0.717, 1.165) is 19.3 Å². The molecule has 0 aliphatic heterocycles. The van der Waals surface area contributed by atoms with Crippen LogP contribution < -0.4 is 5.73 Å². The molecular formula is C21H37NO2. The summed E-state index contributed by atoms with van der Waals surface area (Å²) in [6.45, 7) is 4.08. The molecule has 138 valence electrons. The number of benzene rings is 1. The lowest BCUT2D eigenvalue weighted by molar-refractivity contribution is -0.00845. The van der Waals surface area contributed by atoms with E-state index in [1.807, 2.05) is 13.8 Å². The Balaban J connectivity index is 1.99. The van der Waals surface area contributed by atoms with Gasteiger partial charge in [-0.25, -0.2) is 0 Å². The molecule has 0 fully saturated rings. The number of hydrogen-bond acceptors (Lipinski definition) is 3. The van der Waals surface area contributed by atoms with Gasteiger partial charge in [-0.15, -0.1) is 0 Å². The molecule has 0 aliphatic rings. The van der Waals surface area contributed by atoms with Crippen molar-refractivity contribution in [3.8, 4) is 0 Å². The van der Waals surface area contributed by atoms with Gasteiger partial charge in [-0.05, 0) is 37.2 Å². The highest BCUT2D eigenvalue weighted by Gasteiger charge is 2.23. The highest BCUT2D eigenvalue weighted by atomic mass is 16.3. The van der Waals surface area contributed by atoms with Crippen LogP contribution >= 0.6 is 0 Å². The van der Waals surface area contributed by atoms with Crippen LogP contribution in [0.1, 0.15) is 70.8 Å². The summed E-state index contributed by atoms with van der Waals surface area (Å²) in [5, 5.41) is 20.0. The summed E-state index contributed by atoms with van der Waals surface area (Å²) in [5.74, 6) is 0.373. The van der Waals surface area contributed by atoms with Crippen molar-refractivity contribution in [2.45, 2.75) is 89.9 Å². The van der Waals surface area contributed by atoms with Gasteiger partial charge in [0.15, 0.2) is 0 Å². The molecule has 1 aromatic rings. The van der Waals surface area contributed by atoms with Gasteiger partial charge in [-0.3, -0.25) is 0 Å². The molecule has 24 heavy (non-hydrogen) atoms. The van der Waals surface area contributed by atoms with Gasteiger partial charge in [-0.1, -0.05) is 76.3 Å². The molecular weight excluding hydrogens is 298 g/mol. The highest BCUT2D eigenvalue weighted by molar-refractivity contribution is 5.14. The lowest BCUT2D eigenvalue weighted by Gasteiger charge is -2.25. The van der Waals surface area contributed by atoms with Gasteiger partial charge in [0, 0.05) is 6.04 Å². The summed E-state index contributed by atoms with van der Waals surface area (Å²) < 4.78 is 0. The van der Waals surface area contributed by atoms with Crippen molar-refractivity contribution < 1.29 is 10.2 Å². The Labute approximate surface area is 148 Å². The highest BCUT2D eigenvalue weighted by Crippen LogP contribution is 2.15. The van der Waals surface area contributed by atoms with Crippen molar-refractivity contribution in [2.75, 3.05) is 0 Å². The Morgan fingerprint density at radius 3 is 2.08 bits per heavy atom. The minimum atomic E-state index is -0.793. The van der Waals surface area contributed by atoms with Gasteiger partial charge in [0.25, 0.3) is 0 Å². The van der Waals surface area contributed by atoms with Gasteiger partial charge in [0.05, 0.1) is 12.2 Å². The zero-order valence-electron chi connectivity index (χ0n) is 15.5. The Kier molecular flexibility index (Phi) is 11.0. The number of rotatable bonds is 13. The first-order chi connectivity index (χ1) is 11.5.